The van der Waals surface area contributed by atoms with Crippen LogP contribution in [-0.2, 0) is 9.59 Å². The molecule has 0 aromatic carbocycles. The van der Waals surface area contributed by atoms with Crippen LogP contribution in [0.2, 0.25) is 0 Å². The summed E-state index contributed by atoms with van der Waals surface area (Å²) in [5.74, 6) is -3.39. The lowest BCUT2D eigenvalue weighted by molar-refractivity contribution is -0.173. The molecule has 12 heavy (non-hydrogen) atoms. The number of rotatable bonds is 3. The molecule has 0 heterocycles. The molecule has 0 rings (SSSR count). The van der Waals surface area contributed by atoms with Crippen molar-refractivity contribution in [1.29, 1.82) is 0 Å². The SMILES string of the molecule is O=C(NCC[13C](=O)O)C(F)(F)F. The van der Waals surface area contributed by atoms with Gasteiger partial charge in [0, 0.05) is 6.54 Å². The van der Waals surface area contributed by atoms with Gasteiger partial charge >= 0.3 is 18.1 Å². The summed E-state index contributed by atoms with van der Waals surface area (Å²) in [7, 11) is 0. The van der Waals surface area contributed by atoms with Crippen LogP contribution < -0.4 is 5.32 Å². The number of carbonyl (C=O) groups excluding carboxylic acids is 1. The van der Waals surface area contributed by atoms with Crippen molar-refractivity contribution in [3.63, 3.8) is 0 Å². The van der Waals surface area contributed by atoms with Gasteiger partial charge in [0.1, 0.15) is 0 Å². The normalized spacial score (nSPS) is 10.9. The summed E-state index contributed by atoms with van der Waals surface area (Å²) < 4.78 is 34.2. The molecule has 0 spiro atoms. The van der Waals surface area contributed by atoms with Crippen LogP contribution >= 0.6 is 0 Å². The number of alkyl halides is 3. The molecule has 70 valence electrons. The number of carboxylic acid groups (broad SMARTS) is 1. The maximum Gasteiger partial charge on any atom is 0.471 e. The second-order valence-electron chi connectivity index (χ2n) is 1.90. The minimum atomic E-state index is -4.95. The first-order valence-electron chi connectivity index (χ1n) is 2.91. The van der Waals surface area contributed by atoms with Crippen LogP contribution in [0.1, 0.15) is 6.42 Å². The molecule has 0 saturated heterocycles. The zero-order valence-electron chi connectivity index (χ0n) is 5.81. The number of hydrogen-bond acceptors (Lipinski definition) is 2. The van der Waals surface area contributed by atoms with Crippen LogP contribution in [0.25, 0.3) is 0 Å². The zero-order chi connectivity index (χ0) is 9.78. The number of carbonyl (C=O) groups is 2. The van der Waals surface area contributed by atoms with Crippen molar-refractivity contribution in [2.24, 2.45) is 0 Å². The van der Waals surface area contributed by atoms with Gasteiger partial charge in [0.15, 0.2) is 0 Å². The molecular weight excluding hydrogens is 180 g/mol. The first-order valence-corrected chi connectivity index (χ1v) is 2.91. The molecule has 0 atom stereocenters. The van der Waals surface area contributed by atoms with E-state index in [9.17, 15) is 22.8 Å². The number of amides is 1. The van der Waals surface area contributed by atoms with Crippen molar-refractivity contribution in [1.82, 2.24) is 5.32 Å². The largest absolute Gasteiger partial charge is 0.481 e. The minimum absolute atomic E-state index is 0.520. The van der Waals surface area contributed by atoms with Crippen LogP contribution in [0, 0.1) is 0 Å². The Morgan fingerprint density at radius 2 is 1.83 bits per heavy atom. The fourth-order valence-electron chi connectivity index (χ4n) is 0.383. The van der Waals surface area contributed by atoms with E-state index in [4.69, 9.17) is 5.11 Å². The molecule has 4 nitrogen and oxygen atoms in total. The highest BCUT2D eigenvalue weighted by atomic mass is 19.4. The second-order valence-corrected chi connectivity index (χ2v) is 1.90. The first kappa shape index (κ1) is 10.7. The van der Waals surface area contributed by atoms with Crippen LogP contribution in [0.5, 0.6) is 0 Å². The highest BCUT2D eigenvalue weighted by molar-refractivity contribution is 5.82. The minimum Gasteiger partial charge on any atom is -0.481 e. The van der Waals surface area contributed by atoms with Gasteiger partial charge < -0.3 is 10.4 Å². The van der Waals surface area contributed by atoms with Crippen molar-refractivity contribution < 1.29 is 27.9 Å². The first-order chi connectivity index (χ1) is 5.34. The molecule has 0 aliphatic heterocycles. The lowest BCUT2D eigenvalue weighted by Crippen LogP contribution is -2.37. The van der Waals surface area contributed by atoms with Crippen molar-refractivity contribution in [2.75, 3.05) is 6.54 Å². The maximum atomic E-state index is 11.4. The Morgan fingerprint density at radius 3 is 2.17 bits per heavy atom. The Bertz CT molecular complexity index is 189. The summed E-state index contributed by atoms with van der Waals surface area (Å²) in [5, 5.41) is 9.41. The topological polar surface area (TPSA) is 66.4 Å². The van der Waals surface area contributed by atoms with E-state index in [1.165, 1.54) is 5.32 Å². The third-order valence-electron chi connectivity index (χ3n) is 0.882. The predicted molar refractivity (Wildman–Crippen MR) is 31.3 cm³/mol. The second kappa shape index (κ2) is 3.93. The van der Waals surface area contributed by atoms with Gasteiger partial charge in [-0.25, -0.2) is 0 Å². The molecule has 0 aliphatic rings. The number of halogens is 3. The van der Waals surface area contributed by atoms with Crippen molar-refractivity contribution in [3.8, 4) is 0 Å². The van der Waals surface area contributed by atoms with Gasteiger partial charge in [-0.2, -0.15) is 13.2 Å². The number of carboxylic acids is 1. The highest BCUT2D eigenvalue weighted by Gasteiger charge is 2.38. The molecule has 0 unspecified atom stereocenters. The zero-order valence-corrected chi connectivity index (χ0v) is 5.81. The van der Waals surface area contributed by atoms with Gasteiger partial charge in [0.2, 0.25) is 0 Å². The monoisotopic (exact) mass is 186 g/mol. The van der Waals surface area contributed by atoms with Gasteiger partial charge in [-0.1, -0.05) is 0 Å². The molecule has 0 aliphatic carbocycles. The van der Waals surface area contributed by atoms with Crippen molar-refractivity contribution in [2.45, 2.75) is 12.6 Å². The average Bonchev–Trinajstić information content (AvgIpc) is 1.84. The van der Waals surface area contributed by atoms with Gasteiger partial charge in [-0.15, -0.1) is 0 Å². The Morgan fingerprint density at radius 1 is 1.33 bits per heavy atom. The van der Waals surface area contributed by atoms with Crippen LogP contribution in [0.4, 0.5) is 13.2 Å². The predicted octanol–water partition coefficient (Wildman–Crippen LogP) is 0.140. The van der Waals surface area contributed by atoms with Gasteiger partial charge in [0.05, 0.1) is 6.42 Å². The molecule has 0 saturated carbocycles. The van der Waals surface area contributed by atoms with E-state index < -0.39 is 31.0 Å². The molecule has 0 fully saturated rings. The van der Waals surface area contributed by atoms with Crippen LogP contribution in [0.15, 0.2) is 0 Å². The Kier molecular flexibility index (Phi) is 3.52. The summed E-state index contributed by atoms with van der Waals surface area (Å²) in [4.78, 5) is 19.8. The van der Waals surface area contributed by atoms with Gasteiger partial charge in [-0.3, -0.25) is 9.59 Å². The third-order valence-corrected chi connectivity index (χ3v) is 0.882. The molecule has 0 aromatic heterocycles. The molecule has 1 amide bonds. The molecular formula is C5H6F3NO3. The number of nitrogens with one attached hydrogen (secondary N) is 1. The Labute approximate surface area is 65.4 Å². The summed E-state index contributed by atoms with van der Waals surface area (Å²) in [6.45, 7) is -0.520. The number of hydrogen-bond donors (Lipinski definition) is 2. The van der Waals surface area contributed by atoms with E-state index >= 15 is 0 Å². The van der Waals surface area contributed by atoms with E-state index in [2.05, 4.69) is 0 Å². The van der Waals surface area contributed by atoms with Gasteiger partial charge in [-0.05, 0) is 0 Å². The summed E-state index contributed by atoms with van der Waals surface area (Å²) >= 11 is 0. The Balaban J connectivity index is 3.66. The van der Waals surface area contributed by atoms with E-state index in [1.807, 2.05) is 0 Å². The van der Waals surface area contributed by atoms with Crippen LogP contribution in [-0.4, -0.2) is 29.7 Å². The third kappa shape index (κ3) is 4.53. The summed E-state index contributed by atoms with van der Waals surface area (Å²) in [6, 6.07) is 0. The Hall–Kier alpha value is -1.27. The van der Waals surface area contributed by atoms with Gasteiger partial charge in [0.25, 0.3) is 0 Å². The lowest BCUT2D eigenvalue weighted by atomic mass is 10.5. The lowest BCUT2D eigenvalue weighted by Gasteiger charge is -2.05. The molecule has 0 radical (unpaired) electrons. The van der Waals surface area contributed by atoms with Crippen molar-refractivity contribution in [3.05, 3.63) is 0 Å². The van der Waals surface area contributed by atoms with Crippen molar-refractivity contribution >= 4 is 11.9 Å². The number of aliphatic carboxylic acids is 1. The summed E-state index contributed by atoms with van der Waals surface area (Å²) in [6.07, 6.45) is -5.47. The molecule has 0 bridgehead atoms. The van der Waals surface area contributed by atoms with E-state index in [1.54, 1.807) is 0 Å². The highest BCUT2D eigenvalue weighted by Crippen LogP contribution is 2.13. The standard InChI is InChI=1S/C5H6F3NO3/c6-5(7,8)4(12)9-2-1-3(10)11/h1-2H2,(H,9,12)(H,10,11)/i3+1. The van der Waals surface area contributed by atoms with E-state index in [0.717, 1.165) is 0 Å². The fraction of sp³-hybridized carbons (Fsp3) is 0.600. The maximum absolute atomic E-state index is 11.4. The average molecular weight is 186 g/mol. The van der Waals surface area contributed by atoms with Crippen LogP contribution in [0.3, 0.4) is 0 Å². The fourth-order valence-corrected chi connectivity index (χ4v) is 0.383. The smallest absolute Gasteiger partial charge is 0.471 e. The quantitative estimate of drug-likeness (QED) is 0.616. The summed E-state index contributed by atoms with van der Waals surface area (Å²) in [5.41, 5.74) is 0. The van der Waals surface area contributed by atoms with E-state index in [0.29, 0.717) is 0 Å². The molecule has 0 aromatic rings. The molecule has 7 heteroatoms. The molecule has 2 N–H and O–H groups in total. The van der Waals surface area contributed by atoms with E-state index in [-0.39, 0.29) is 0 Å².